The third kappa shape index (κ3) is 7.46. The number of nitrogens with two attached hydrogens (primary N) is 1. The number of unbranched alkanes of at least 4 members (excludes halogenated alkanes) is 5. The number of benzene rings is 1. The number of nitrogens with zero attached hydrogens (tertiary/aromatic N) is 7. The summed E-state index contributed by atoms with van der Waals surface area (Å²) in [5.41, 5.74) is 8.48. The van der Waals surface area contributed by atoms with Gasteiger partial charge in [-0.25, -0.2) is 18.9 Å². The van der Waals surface area contributed by atoms with Crippen molar-refractivity contribution in [3.63, 3.8) is 0 Å². The van der Waals surface area contributed by atoms with Crippen molar-refractivity contribution in [2.45, 2.75) is 70.3 Å². The molecule has 3 aromatic heterocycles. The van der Waals surface area contributed by atoms with Gasteiger partial charge < -0.3 is 20.4 Å². The van der Waals surface area contributed by atoms with E-state index in [4.69, 9.17) is 15.8 Å². The lowest BCUT2D eigenvalue weighted by atomic mass is 10.0. The van der Waals surface area contributed by atoms with E-state index in [1.165, 1.54) is 6.07 Å². The van der Waals surface area contributed by atoms with Crippen LogP contribution in [0.4, 0.5) is 16.0 Å². The molecule has 2 aliphatic heterocycles. The zero-order valence-electron chi connectivity index (χ0n) is 26.4. The largest absolute Gasteiger partial charge is 0.370 e. The van der Waals surface area contributed by atoms with E-state index in [1.807, 2.05) is 52.0 Å². The summed E-state index contributed by atoms with van der Waals surface area (Å²) in [7, 11) is 0. The number of pyridine rings is 1. The first-order valence-electron chi connectivity index (χ1n) is 16.6. The molecule has 0 bridgehead atoms. The lowest BCUT2D eigenvalue weighted by molar-refractivity contribution is -0.131. The maximum absolute atomic E-state index is 14.0. The first-order chi connectivity index (χ1) is 22.5. The molecule has 0 aliphatic carbocycles. The molecule has 2 N–H and O–H groups in total. The molecule has 242 valence electrons. The minimum Gasteiger partial charge on any atom is -0.370 e. The molecule has 2 amide bonds. The molecule has 2 aliphatic rings. The fourth-order valence-corrected chi connectivity index (χ4v) is 6.66. The summed E-state index contributed by atoms with van der Waals surface area (Å²) in [6.45, 7) is 3.68. The maximum atomic E-state index is 14.0. The van der Waals surface area contributed by atoms with Gasteiger partial charge in [-0.3, -0.25) is 9.59 Å². The number of halogens is 1. The summed E-state index contributed by atoms with van der Waals surface area (Å²) >= 11 is 0. The molecule has 6 rings (SSSR count). The number of anilines is 2. The Balaban J connectivity index is 1.06. The Kier molecular flexibility index (Phi) is 10.0. The van der Waals surface area contributed by atoms with Crippen LogP contribution in [0.15, 0.2) is 60.8 Å². The Morgan fingerprint density at radius 1 is 0.848 bits per heavy atom. The van der Waals surface area contributed by atoms with Crippen LogP contribution < -0.4 is 15.5 Å². The summed E-state index contributed by atoms with van der Waals surface area (Å²) in [5, 5.41) is 4.99. The number of primary amides is 1. The van der Waals surface area contributed by atoms with Crippen LogP contribution in [-0.2, 0) is 9.59 Å². The number of hydrogen-bond acceptors (Lipinski definition) is 7. The molecule has 0 unspecified atom stereocenters. The zero-order chi connectivity index (χ0) is 31.9. The molecule has 0 radical (unpaired) electrons. The van der Waals surface area contributed by atoms with E-state index < -0.39 is 0 Å². The number of piperazine rings is 1. The molecule has 5 heterocycles. The van der Waals surface area contributed by atoms with Gasteiger partial charge in [0.15, 0.2) is 5.65 Å². The van der Waals surface area contributed by atoms with Gasteiger partial charge in [0.25, 0.3) is 0 Å². The van der Waals surface area contributed by atoms with Gasteiger partial charge in [-0.1, -0.05) is 43.9 Å². The predicted molar refractivity (Wildman–Crippen MR) is 177 cm³/mol. The Labute approximate surface area is 269 Å². The molecule has 46 heavy (non-hydrogen) atoms. The number of imidazole rings is 1. The van der Waals surface area contributed by atoms with Gasteiger partial charge in [0.2, 0.25) is 11.8 Å². The number of hydrogen-bond donors (Lipinski definition) is 1. The van der Waals surface area contributed by atoms with Crippen molar-refractivity contribution in [2.75, 3.05) is 42.5 Å². The second-order valence-corrected chi connectivity index (χ2v) is 12.3. The monoisotopic (exact) mass is 626 g/mol. The highest BCUT2D eigenvalue weighted by Crippen LogP contribution is 2.36. The van der Waals surface area contributed by atoms with Crippen molar-refractivity contribution in [3.05, 3.63) is 72.2 Å². The lowest BCUT2D eigenvalue weighted by Crippen LogP contribution is -2.49. The minimum atomic E-state index is -0.233. The van der Waals surface area contributed by atoms with E-state index in [0.29, 0.717) is 25.9 Å². The molecule has 1 aromatic carbocycles. The fraction of sp³-hybridized carbons (Fsp3) is 0.457. The number of carbonyl (C=O) groups excluding carboxylic acids is 2. The minimum absolute atomic E-state index is 0.0743. The molecule has 10 nitrogen and oxygen atoms in total. The third-order valence-electron chi connectivity index (χ3n) is 9.15. The quantitative estimate of drug-likeness (QED) is 0.194. The summed E-state index contributed by atoms with van der Waals surface area (Å²) < 4.78 is 15.9. The topological polar surface area (TPSA) is 113 Å². The lowest BCUT2D eigenvalue weighted by Gasteiger charge is -2.35. The van der Waals surface area contributed by atoms with Crippen molar-refractivity contribution in [3.8, 4) is 11.4 Å². The molecule has 0 spiro atoms. The Morgan fingerprint density at radius 2 is 1.61 bits per heavy atom. The van der Waals surface area contributed by atoms with E-state index >= 15 is 0 Å². The van der Waals surface area contributed by atoms with Gasteiger partial charge in [0.1, 0.15) is 23.1 Å². The highest BCUT2D eigenvalue weighted by atomic mass is 19.1. The molecule has 2 saturated heterocycles. The number of amides is 2. The van der Waals surface area contributed by atoms with Crippen LogP contribution in [0.25, 0.3) is 17.0 Å². The van der Waals surface area contributed by atoms with Crippen LogP contribution in [0, 0.1) is 5.82 Å². The molecule has 1 atom stereocenters. The van der Waals surface area contributed by atoms with E-state index in [1.54, 1.807) is 12.1 Å². The summed E-state index contributed by atoms with van der Waals surface area (Å²) in [4.78, 5) is 39.7. The van der Waals surface area contributed by atoms with Crippen molar-refractivity contribution >= 4 is 29.1 Å². The van der Waals surface area contributed by atoms with Gasteiger partial charge in [0.05, 0.1) is 17.9 Å². The normalized spacial score (nSPS) is 16.8. The standard InChI is InChI=1S/C35H43FN8O2/c36-27-11-7-10-26(24-27)29-13-9-19-43(29)34-18-17-32-38-25-30(44(32)40-34)28-12-8-15-33(39-28)41-20-22-42(23-21-41)35(46)16-6-4-2-1-3-5-14-31(37)45/h7-8,10-12,15,17-18,24-25,29H,1-6,9,13-14,16,19-23H2,(H2,37,45)/t29-/m1/s1. The Morgan fingerprint density at radius 3 is 2.39 bits per heavy atom. The molecular formula is C35H43FN8O2. The number of fused-ring (bicyclic) bond motifs is 1. The molecule has 4 aromatic rings. The highest BCUT2D eigenvalue weighted by molar-refractivity contribution is 5.76. The van der Waals surface area contributed by atoms with E-state index in [9.17, 15) is 14.0 Å². The smallest absolute Gasteiger partial charge is 0.222 e. The van der Waals surface area contributed by atoms with Crippen LogP contribution >= 0.6 is 0 Å². The molecule has 11 heteroatoms. The van der Waals surface area contributed by atoms with E-state index in [0.717, 1.165) is 105 Å². The van der Waals surface area contributed by atoms with Crippen LogP contribution in [0.1, 0.15) is 75.8 Å². The summed E-state index contributed by atoms with van der Waals surface area (Å²) in [6.07, 6.45) is 10.8. The van der Waals surface area contributed by atoms with Crippen LogP contribution in [0.3, 0.4) is 0 Å². The Bertz CT molecular complexity index is 1650. The highest BCUT2D eigenvalue weighted by Gasteiger charge is 2.28. The van der Waals surface area contributed by atoms with E-state index in [-0.39, 0.29) is 23.7 Å². The Hall–Kier alpha value is -4.54. The number of rotatable bonds is 13. The van der Waals surface area contributed by atoms with Gasteiger partial charge in [-0.15, -0.1) is 5.10 Å². The molecule has 0 saturated carbocycles. The molecular weight excluding hydrogens is 583 g/mol. The average Bonchev–Trinajstić information content (AvgIpc) is 3.73. The van der Waals surface area contributed by atoms with Crippen molar-refractivity contribution in [2.24, 2.45) is 5.73 Å². The van der Waals surface area contributed by atoms with Crippen LogP contribution in [-0.4, -0.2) is 69.0 Å². The zero-order valence-corrected chi connectivity index (χ0v) is 26.4. The maximum Gasteiger partial charge on any atom is 0.222 e. The first-order valence-corrected chi connectivity index (χ1v) is 16.6. The van der Waals surface area contributed by atoms with Crippen LogP contribution in [0.5, 0.6) is 0 Å². The average molecular weight is 627 g/mol. The number of carbonyl (C=O) groups is 2. The summed E-state index contributed by atoms with van der Waals surface area (Å²) in [6, 6.07) is 16.9. The van der Waals surface area contributed by atoms with E-state index in [2.05, 4.69) is 14.8 Å². The third-order valence-corrected chi connectivity index (χ3v) is 9.15. The summed E-state index contributed by atoms with van der Waals surface area (Å²) in [5.74, 6) is 1.47. The molecule has 2 fully saturated rings. The van der Waals surface area contributed by atoms with Gasteiger partial charge >= 0.3 is 0 Å². The number of aromatic nitrogens is 4. The predicted octanol–water partition coefficient (Wildman–Crippen LogP) is 5.53. The van der Waals surface area contributed by atoms with Crippen molar-refractivity contribution in [1.82, 2.24) is 24.5 Å². The second kappa shape index (κ2) is 14.7. The van der Waals surface area contributed by atoms with Gasteiger partial charge in [0, 0.05) is 45.6 Å². The van der Waals surface area contributed by atoms with Gasteiger partial charge in [-0.2, -0.15) is 0 Å². The van der Waals surface area contributed by atoms with Crippen molar-refractivity contribution < 1.29 is 14.0 Å². The van der Waals surface area contributed by atoms with Gasteiger partial charge in [-0.05, 0) is 67.6 Å². The SMILES string of the molecule is NC(=O)CCCCCCCCC(=O)N1CCN(c2cccc(-c3cnc4ccc(N5CCC[C@@H]5c5cccc(F)c5)nn34)n2)CC1. The fourth-order valence-electron chi connectivity index (χ4n) is 6.66. The first kappa shape index (κ1) is 31.4. The van der Waals surface area contributed by atoms with Crippen LogP contribution in [0.2, 0.25) is 0 Å². The van der Waals surface area contributed by atoms with Crippen molar-refractivity contribution in [1.29, 1.82) is 0 Å². The second-order valence-electron chi connectivity index (χ2n) is 12.3.